The predicted molar refractivity (Wildman–Crippen MR) is 45.6 cm³/mol. The molecule has 1 amide bonds. The van der Waals surface area contributed by atoms with Crippen molar-refractivity contribution in [3.63, 3.8) is 0 Å². The minimum Gasteiger partial charge on any atom is -0.508 e. The Morgan fingerprint density at radius 2 is 2.08 bits per heavy atom. The molecule has 0 spiro atoms. The Balaban J connectivity index is 2.64. The lowest BCUT2D eigenvalue weighted by atomic mass is 10.1. The van der Waals surface area contributed by atoms with E-state index in [1.165, 1.54) is 17.0 Å². The maximum atomic E-state index is 11.4. The second-order valence-corrected chi connectivity index (χ2v) is 3.16. The molecule has 1 aromatic rings. The van der Waals surface area contributed by atoms with Crippen molar-refractivity contribution in [3.8, 4) is 11.5 Å². The molecule has 0 aliphatic carbocycles. The molecule has 2 rings (SSSR count). The molecule has 68 valence electrons. The number of benzene rings is 1. The summed E-state index contributed by atoms with van der Waals surface area (Å²) >= 11 is 0. The number of phenolic OH excluding ortho intramolecular Hbond substituents is 2. The van der Waals surface area contributed by atoms with Gasteiger partial charge in [-0.3, -0.25) is 4.79 Å². The van der Waals surface area contributed by atoms with Crippen LogP contribution in [0.15, 0.2) is 12.1 Å². The number of carbonyl (C=O) groups excluding carboxylic acids is 1. The van der Waals surface area contributed by atoms with Gasteiger partial charge in [0, 0.05) is 19.7 Å². The second kappa shape index (κ2) is 2.39. The number of aromatic hydroxyl groups is 2. The fourth-order valence-corrected chi connectivity index (χ4v) is 1.56. The van der Waals surface area contributed by atoms with Crippen LogP contribution in [0.25, 0.3) is 0 Å². The minimum absolute atomic E-state index is 0.0145. The van der Waals surface area contributed by atoms with Crippen molar-refractivity contribution in [2.75, 3.05) is 7.05 Å². The van der Waals surface area contributed by atoms with Gasteiger partial charge >= 0.3 is 0 Å². The molecule has 0 fully saturated rings. The van der Waals surface area contributed by atoms with Gasteiger partial charge in [-0.15, -0.1) is 0 Å². The molecule has 0 bridgehead atoms. The van der Waals surface area contributed by atoms with Crippen LogP contribution in [0.3, 0.4) is 0 Å². The van der Waals surface area contributed by atoms with Gasteiger partial charge < -0.3 is 15.1 Å². The first kappa shape index (κ1) is 7.91. The molecule has 1 aliphatic heterocycles. The Hall–Kier alpha value is -1.71. The van der Waals surface area contributed by atoms with Crippen LogP contribution < -0.4 is 0 Å². The van der Waals surface area contributed by atoms with Crippen molar-refractivity contribution in [1.29, 1.82) is 0 Å². The Labute approximate surface area is 75.0 Å². The fourth-order valence-electron chi connectivity index (χ4n) is 1.56. The zero-order valence-electron chi connectivity index (χ0n) is 7.11. The third-order valence-corrected chi connectivity index (χ3v) is 2.15. The zero-order valence-corrected chi connectivity index (χ0v) is 7.11. The van der Waals surface area contributed by atoms with Crippen LogP contribution in [0.5, 0.6) is 11.5 Å². The highest BCUT2D eigenvalue weighted by Crippen LogP contribution is 2.32. The van der Waals surface area contributed by atoms with Gasteiger partial charge in [-0.2, -0.15) is 0 Å². The van der Waals surface area contributed by atoms with Crippen molar-refractivity contribution >= 4 is 5.91 Å². The molecule has 0 unspecified atom stereocenters. The normalized spacial score (nSPS) is 14.8. The molecule has 1 heterocycles. The summed E-state index contributed by atoms with van der Waals surface area (Å²) in [5, 5.41) is 18.6. The number of phenols is 2. The van der Waals surface area contributed by atoms with Gasteiger partial charge in [0.05, 0.1) is 5.56 Å². The van der Waals surface area contributed by atoms with Crippen molar-refractivity contribution in [2.45, 2.75) is 6.54 Å². The fraction of sp³-hybridized carbons (Fsp3) is 0.222. The van der Waals surface area contributed by atoms with Gasteiger partial charge in [0.1, 0.15) is 11.5 Å². The third kappa shape index (κ3) is 1.02. The van der Waals surface area contributed by atoms with E-state index in [0.717, 1.165) is 0 Å². The molecule has 0 radical (unpaired) electrons. The summed E-state index contributed by atoms with van der Waals surface area (Å²) in [7, 11) is 1.65. The lowest BCUT2D eigenvalue weighted by molar-refractivity contribution is 0.0814. The molecule has 4 heteroatoms. The first-order valence-electron chi connectivity index (χ1n) is 3.90. The molecule has 13 heavy (non-hydrogen) atoms. The molecular formula is C9H9NO3. The smallest absolute Gasteiger partial charge is 0.258 e. The van der Waals surface area contributed by atoms with Crippen LogP contribution in [0.1, 0.15) is 15.9 Å². The van der Waals surface area contributed by atoms with E-state index < -0.39 is 0 Å². The molecule has 4 nitrogen and oxygen atoms in total. The average molecular weight is 179 g/mol. The van der Waals surface area contributed by atoms with Crippen molar-refractivity contribution in [2.24, 2.45) is 0 Å². The summed E-state index contributed by atoms with van der Waals surface area (Å²) in [4.78, 5) is 12.9. The summed E-state index contributed by atoms with van der Waals surface area (Å²) in [6, 6.07) is 2.67. The Morgan fingerprint density at radius 3 is 2.77 bits per heavy atom. The van der Waals surface area contributed by atoms with Crippen LogP contribution in [0, 0.1) is 0 Å². The lowest BCUT2D eigenvalue weighted by Crippen LogP contribution is -2.17. The summed E-state index contributed by atoms with van der Waals surface area (Å²) in [5.41, 5.74) is 0.977. The van der Waals surface area contributed by atoms with E-state index in [-0.39, 0.29) is 17.4 Å². The molecule has 0 saturated heterocycles. The van der Waals surface area contributed by atoms with E-state index >= 15 is 0 Å². The van der Waals surface area contributed by atoms with Crippen molar-refractivity contribution < 1.29 is 15.0 Å². The van der Waals surface area contributed by atoms with E-state index in [0.29, 0.717) is 17.7 Å². The molecule has 2 N–H and O–H groups in total. The highest BCUT2D eigenvalue weighted by atomic mass is 16.3. The molecule has 1 aromatic carbocycles. The number of fused-ring (bicyclic) bond motifs is 1. The summed E-state index contributed by atoms with van der Waals surface area (Å²) in [5.74, 6) is -0.365. The number of hydrogen-bond acceptors (Lipinski definition) is 3. The maximum absolute atomic E-state index is 11.4. The highest BCUT2D eigenvalue weighted by molar-refractivity contribution is 6.00. The van der Waals surface area contributed by atoms with Gasteiger partial charge in [0.15, 0.2) is 0 Å². The number of hydrogen-bond donors (Lipinski definition) is 2. The third-order valence-electron chi connectivity index (χ3n) is 2.15. The number of rotatable bonds is 0. The topological polar surface area (TPSA) is 60.8 Å². The predicted octanol–water partition coefficient (Wildman–Crippen LogP) is 0.683. The van der Waals surface area contributed by atoms with Crippen LogP contribution in [-0.2, 0) is 6.54 Å². The van der Waals surface area contributed by atoms with Crippen molar-refractivity contribution in [1.82, 2.24) is 4.90 Å². The summed E-state index contributed by atoms with van der Waals surface area (Å²) in [6.45, 7) is 0.441. The molecule has 1 aliphatic rings. The van der Waals surface area contributed by atoms with E-state index in [4.69, 9.17) is 5.11 Å². The van der Waals surface area contributed by atoms with Gasteiger partial charge in [-0.05, 0) is 11.6 Å². The standard InChI is InChI=1S/C9H9NO3/c1-10-4-5-2-6(11)3-7(12)8(5)9(10)13/h2-3,11-12H,4H2,1H3. The number of nitrogens with zero attached hydrogens (tertiary/aromatic N) is 1. The van der Waals surface area contributed by atoms with E-state index in [9.17, 15) is 9.90 Å². The van der Waals surface area contributed by atoms with E-state index in [1.807, 2.05) is 0 Å². The largest absolute Gasteiger partial charge is 0.508 e. The van der Waals surface area contributed by atoms with Crippen LogP contribution in [-0.4, -0.2) is 28.1 Å². The first-order chi connectivity index (χ1) is 6.09. The Bertz CT molecular complexity index is 387. The monoisotopic (exact) mass is 179 g/mol. The minimum atomic E-state index is -0.201. The van der Waals surface area contributed by atoms with Gasteiger partial charge in [-0.1, -0.05) is 0 Å². The number of amides is 1. The Morgan fingerprint density at radius 1 is 1.38 bits per heavy atom. The maximum Gasteiger partial charge on any atom is 0.258 e. The SMILES string of the molecule is CN1Cc2cc(O)cc(O)c2C1=O. The van der Waals surface area contributed by atoms with Gasteiger partial charge in [0.2, 0.25) is 0 Å². The van der Waals surface area contributed by atoms with E-state index in [2.05, 4.69) is 0 Å². The highest BCUT2D eigenvalue weighted by Gasteiger charge is 2.28. The molecule has 0 saturated carbocycles. The number of carbonyl (C=O) groups is 1. The van der Waals surface area contributed by atoms with Gasteiger partial charge in [-0.25, -0.2) is 0 Å². The van der Waals surface area contributed by atoms with Gasteiger partial charge in [0.25, 0.3) is 5.91 Å². The zero-order chi connectivity index (χ0) is 9.59. The summed E-state index contributed by atoms with van der Waals surface area (Å²) < 4.78 is 0. The van der Waals surface area contributed by atoms with E-state index in [1.54, 1.807) is 7.05 Å². The molecule has 0 atom stereocenters. The first-order valence-corrected chi connectivity index (χ1v) is 3.90. The quantitative estimate of drug-likeness (QED) is 0.615. The molecular weight excluding hydrogens is 170 g/mol. The van der Waals surface area contributed by atoms with Crippen molar-refractivity contribution in [3.05, 3.63) is 23.3 Å². The second-order valence-electron chi connectivity index (χ2n) is 3.16. The Kier molecular flexibility index (Phi) is 1.45. The average Bonchev–Trinajstić information content (AvgIpc) is 2.27. The van der Waals surface area contributed by atoms with Crippen LogP contribution in [0.2, 0.25) is 0 Å². The van der Waals surface area contributed by atoms with Crippen LogP contribution >= 0.6 is 0 Å². The molecule has 0 aromatic heterocycles. The summed E-state index contributed by atoms with van der Waals surface area (Å²) in [6.07, 6.45) is 0. The lowest BCUT2D eigenvalue weighted by Gasteiger charge is -2.04. The van der Waals surface area contributed by atoms with Crippen LogP contribution in [0.4, 0.5) is 0 Å².